The number of carbonyl (C=O) groups is 1. The van der Waals surface area contributed by atoms with E-state index in [-0.39, 0.29) is 17.2 Å². The fraction of sp³-hybridized carbons (Fsp3) is 0.900. The van der Waals surface area contributed by atoms with Crippen molar-refractivity contribution in [2.24, 2.45) is 0 Å². The fourth-order valence-electron chi connectivity index (χ4n) is 1.03. The molecule has 1 fully saturated rings. The SMILES string of the molecule is CCC(C)(C)OC(=O)N1CC1(C)C. The second-order valence-electron chi connectivity index (χ2n) is 4.88. The molecular formula is C10H19NO2. The van der Waals surface area contributed by atoms with Crippen LogP contribution < -0.4 is 0 Å². The van der Waals surface area contributed by atoms with Crippen LogP contribution in [0.2, 0.25) is 0 Å². The summed E-state index contributed by atoms with van der Waals surface area (Å²) in [6, 6.07) is 0. The van der Waals surface area contributed by atoms with Gasteiger partial charge in [-0.15, -0.1) is 0 Å². The lowest BCUT2D eigenvalue weighted by Gasteiger charge is -2.24. The molecule has 1 aliphatic rings. The average molecular weight is 185 g/mol. The number of rotatable bonds is 2. The zero-order valence-corrected chi connectivity index (χ0v) is 9.18. The maximum Gasteiger partial charge on any atom is 0.410 e. The number of hydrogen-bond donors (Lipinski definition) is 0. The molecule has 1 heterocycles. The molecule has 1 rings (SSSR count). The summed E-state index contributed by atoms with van der Waals surface area (Å²) in [4.78, 5) is 13.2. The van der Waals surface area contributed by atoms with Crippen molar-refractivity contribution in [2.75, 3.05) is 6.54 Å². The first kappa shape index (κ1) is 10.4. The molecule has 0 aromatic carbocycles. The average Bonchev–Trinajstić information content (AvgIpc) is 2.59. The monoisotopic (exact) mass is 185 g/mol. The summed E-state index contributed by atoms with van der Waals surface area (Å²) >= 11 is 0. The summed E-state index contributed by atoms with van der Waals surface area (Å²) in [7, 11) is 0. The summed E-state index contributed by atoms with van der Waals surface area (Å²) in [5.74, 6) is 0. The first-order valence-corrected chi connectivity index (χ1v) is 4.79. The number of amides is 1. The van der Waals surface area contributed by atoms with Gasteiger partial charge in [0, 0.05) is 6.54 Å². The molecule has 13 heavy (non-hydrogen) atoms. The topological polar surface area (TPSA) is 29.3 Å². The van der Waals surface area contributed by atoms with Crippen LogP contribution >= 0.6 is 0 Å². The zero-order valence-electron chi connectivity index (χ0n) is 9.18. The second kappa shape index (κ2) is 2.89. The van der Waals surface area contributed by atoms with Gasteiger partial charge in [-0.25, -0.2) is 4.79 Å². The first-order chi connectivity index (χ1) is 5.78. The molecule has 1 amide bonds. The van der Waals surface area contributed by atoms with Crippen LogP contribution in [-0.4, -0.2) is 28.7 Å². The third-order valence-corrected chi connectivity index (χ3v) is 2.61. The molecule has 0 atom stereocenters. The molecule has 1 aliphatic heterocycles. The van der Waals surface area contributed by atoms with Crippen molar-refractivity contribution < 1.29 is 9.53 Å². The Labute approximate surface area is 80.1 Å². The Morgan fingerprint density at radius 1 is 1.54 bits per heavy atom. The normalized spacial score (nSPS) is 19.9. The quantitative estimate of drug-likeness (QED) is 0.618. The van der Waals surface area contributed by atoms with Crippen molar-refractivity contribution >= 4 is 6.09 Å². The third kappa shape index (κ3) is 2.36. The van der Waals surface area contributed by atoms with E-state index in [2.05, 4.69) is 0 Å². The van der Waals surface area contributed by atoms with Gasteiger partial charge in [-0.05, 0) is 34.1 Å². The minimum atomic E-state index is -0.338. The number of hydrogen-bond acceptors (Lipinski definition) is 2. The van der Waals surface area contributed by atoms with Crippen LogP contribution in [0.4, 0.5) is 4.79 Å². The van der Waals surface area contributed by atoms with E-state index in [4.69, 9.17) is 4.74 Å². The van der Waals surface area contributed by atoms with Crippen LogP contribution in [0.25, 0.3) is 0 Å². The van der Waals surface area contributed by atoms with Gasteiger partial charge in [0.15, 0.2) is 0 Å². The van der Waals surface area contributed by atoms with E-state index in [0.717, 1.165) is 13.0 Å². The Hall–Kier alpha value is -0.730. The maximum absolute atomic E-state index is 11.5. The summed E-state index contributed by atoms with van der Waals surface area (Å²) < 4.78 is 5.33. The van der Waals surface area contributed by atoms with Gasteiger partial charge in [-0.2, -0.15) is 0 Å². The number of carbonyl (C=O) groups excluding carboxylic acids is 1. The van der Waals surface area contributed by atoms with Gasteiger partial charge in [0.2, 0.25) is 0 Å². The Bertz CT molecular complexity index is 221. The van der Waals surface area contributed by atoms with E-state index in [9.17, 15) is 4.79 Å². The lowest BCUT2D eigenvalue weighted by atomic mass is 10.1. The summed E-state index contributed by atoms with van der Waals surface area (Å²) in [5.41, 5.74) is -0.323. The third-order valence-electron chi connectivity index (χ3n) is 2.61. The van der Waals surface area contributed by atoms with E-state index in [1.807, 2.05) is 34.6 Å². The van der Waals surface area contributed by atoms with Crippen LogP contribution in [0.3, 0.4) is 0 Å². The van der Waals surface area contributed by atoms with Crippen molar-refractivity contribution in [3.63, 3.8) is 0 Å². The molecule has 0 N–H and O–H groups in total. The predicted octanol–water partition coefficient (Wildman–Crippen LogP) is 2.41. The van der Waals surface area contributed by atoms with Crippen molar-refractivity contribution in [2.45, 2.75) is 52.2 Å². The molecule has 0 aliphatic carbocycles. The summed E-state index contributed by atoms with van der Waals surface area (Å²) in [5, 5.41) is 0. The molecule has 76 valence electrons. The Balaban J connectivity index is 2.44. The largest absolute Gasteiger partial charge is 0.443 e. The highest BCUT2D eigenvalue weighted by atomic mass is 16.6. The summed E-state index contributed by atoms with van der Waals surface area (Å²) in [6.45, 7) is 10.8. The van der Waals surface area contributed by atoms with Crippen LogP contribution in [-0.2, 0) is 4.74 Å². The molecule has 0 saturated carbocycles. The van der Waals surface area contributed by atoms with Crippen molar-refractivity contribution in [1.29, 1.82) is 0 Å². The lowest BCUT2D eigenvalue weighted by Crippen LogP contribution is -2.31. The first-order valence-electron chi connectivity index (χ1n) is 4.79. The highest BCUT2D eigenvalue weighted by molar-refractivity contribution is 5.72. The Morgan fingerprint density at radius 2 is 2.00 bits per heavy atom. The summed E-state index contributed by atoms with van der Waals surface area (Å²) in [6.07, 6.45) is 0.657. The number of ether oxygens (including phenoxy) is 1. The van der Waals surface area contributed by atoms with Crippen LogP contribution in [0.1, 0.15) is 41.0 Å². The van der Waals surface area contributed by atoms with Crippen molar-refractivity contribution in [3.05, 3.63) is 0 Å². The Kier molecular flexibility index (Phi) is 2.30. The molecule has 0 aromatic heterocycles. The van der Waals surface area contributed by atoms with Crippen LogP contribution in [0, 0.1) is 0 Å². The van der Waals surface area contributed by atoms with Gasteiger partial charge < -0.3 is 4.74 Å². The predicted molar refractivity (Wildman–Crippen MR) is 51.6 cm³/mol. The van der Waals surface area contributed by atoms with Crippen molar-refractivity contribution in [3.8, 4) is 0 Å². The minimum absolute atomic E-state index is 0.0148. The molecule has 0 bridgehead atoms. The second-order valence-corrected chi connectivity index (χ2v) is 4.88. The zero-order chi connectivity index (χ0) is 10.3. The molecule has 1 saturated heterocycles. The van der Waals surface area contributed by atoms with Gasteiger partial charge in [-0.1, -0.05) is 6.92 Å². The number of nitrogens with zero attached hydrogens (tertiary/aromatic N) is 1. The van der Waals surface area contributed by atoms with Gasteiger partial charge in [-0.3, -0.25) is 4.90 Å². The fourth-order valence-corrected chi connectivity index (χ4v) is 1.03. The van der Waals surface area contributed by atoms with E-state index in [1.165, 1.54) is 0 Å². The van der Waals surface area contributed by atoms with Gasteiger partial charge in [0.1, 0.15) is 5.60 Å². The molecule has 0 spiro atoms. The van der Waals surface area contributed by atoms with Gasteiger partial charge in [0.25, 0.3) is 0 Å². The van der Waals surface area contributed by atoms with E-state index >= 15 is 0 Å². The Morgan fingerprint density at radius 3 is 2.31 bits per heavy atom. The van der Waals surface area contributed by atoms with Gasteiger partial charge >= 0.3 is 6.09 Å². The maximum atomic E-state index is 11.5. The highest BCUT2D eigenvalue weighted by Crippen LogP contribution is 2.32. The highest BCUT2D eigenvalue weighted by Gasteiger charge is 2.48. The molecule has 3 nitrogen and oxygen atoms in total. The molecule has 3 heteroatoms. The molecular weight excluding hydrogens is 166 g/mol. The van der Waals surface area contributed by atoms with Crippen molar-refractivity contribution in [1.82, 2.24) is 4.90 Å². The minimum Gasteiger partial charge on any atom is -0.443 e. The van der Waals surface area contributed by atoms with E-state index in [1.54, 1.807) is 4.90 Å². The van der Waals surface area contributed by atoms with E-state index in [0.29, 0.717) is 0 Å². The molecule has 0 radical (unpaired) electrons. The van der Waals surface area contributed by atoms with Gasteiger partial charge in [0.05, 0.1) is 5.54 Å². The standard InChI is InChI=1S/C10H19NO2/c1-6-10(4,5)13-8(12)11-7-9(11,2)3/h6-7H2,1-5H3. The lowest BCUT2D eigenvalue weighted by molar-refractivity contribution is 0.0238. The van der Waals surface area contributed by atoms with E-state index < -0.39 is 0 Å². The van der Waals surface area contributed by atoms with Crippen LogP contribution in [0.5, 0.6) is 0 Å². The van der Waals surface area contributed by atoms with Crippen LogP contribution in [0.15, 0.2) is 0 Å². The molecule has 0 unspecified atom stereocenters. The smallest absolute Gasteiger partial charge is 0.410 e. The molecule has 0 aromatic rings.